The highest BCUT2D eigenvalue weighted by molar-refractivity contribution is 7.90. The number of carbonyl (C=O) groups excluding carboxylic acids is 1. The van der Waals surface area contributed by atoms with Gasteiger partial charge in [0.05, 0.1) is 10.6 Å². The van der Waals surface area contributed by atoms with E-state index in [2.05, 4.69) is 0 Å². The second-order valence-electron chi connectivity index (χ2n) is 6.40. The first-order valence-corrected chi connectivity index (χ1v) is 10.0. The van der Waals surface area contributed by atoms with E-state index in [4.69, 9.17) is 5.73 Å². The van der Waals surface area contributed by atoms with E-state index >= 15 is 0 Å². The molecule has 2 aromatic carbocycles. The van der Waals surface area contributed by atoms with Crippen LogP contribution >= 0.6 is 0 Å². The minimum atomic E-state index is -3.43. The summed E-state index contributed by atoms with van der Waals surface area (Å²) in [7, 11) is -3.43. The number of rotatable bonds is 4. The fraction of sp³-hybridized carbons (Fsp3) is 0.316. The van der Waals surface area contributed by atoms with Crippen LogP contribution in [-0.2, 0) is 15.6 Å². The number of piperidine rings is 1. The van der Waals surface area contributed by atoms with Crippen LogP contribution < -0.4 is 5.73 Å². The van der Waals surface area contributed by atoms with E-state index in [0.29, 0.717) is 18.7 Å². The highest BCUT2D eigenvalue weighted by atomic mass is 32.2. The van der Waals surface area contributed by atoms with Crippen molar-refractivity contribution < 1.29 is 13.2 Å². The molecule has 0 atom stereocenters. The van der Waals surface area contributed by atoms with Crippen LogP contribution in [0.15, 0.2) is 59.5 Å². The van der Waals surface area contributed by atoms with Crippen molar-refractivity contribution in [1.29, 1.82) is 0 Å². The number of nitrogens with two attached hydrogens (primary N) is 1. The van der Waals surface area contributed by atoms with Gasteiger partial charge in [0.25, 0.3) is 5.91 Å². The second-order valence-corrected chi connectivity index (χ2v) is 8.39. The van der Waals surface area contributed by atoms with Gasteiger partial charge in [-0.05, 0) is 42.7 Å². The van der Waals surface area contributed by atoms with Gasteiger partial charge in [0.15, 0.2) is 9.84 Å². The quantitative estimate of drug-likeness (QED) is 0.909. The summed E-state index contributed by atoms with van der Waals surface area (Å²) in [5.74, 6) is -0.121. The molecule has 1 saturated heterocycles. The highest BCUT2D eigenvalue weighted by Crippen LogP contribution is 2.19. The molecule has 6 heteroatoms. The molecule has 1 fully saturated rings. The maximum absolute atomic E-state index is 12.5. The average Bonchev–Trinajstić information content (AvgIpc) is 2.62. The minimum absolute atomic E-state index is 0.0504. The lowest BCUT2D eigenvalue weighted by Gasteiger charge is -2.30. The predicted molar refractivity (Wildman–Crippen MR) is 96.9 cm³/mol. The number of hydrogen-bond donors (Lipinski definition) is 1. The maximum atomic E-state index is 12.5. The minimum Gasteiger partial charge on any atom is -0.339 e. The fourth-order valence-corrected chi connectivity index (χ4v) is 4.32. The molecule has 0 unspecified atom stereocenters. The lowest BCUT2D eigenvalue weighted by atomic mass is 10.1. The van der Waals surface area contributed by atoms with E-state index < -0.39 is 9.84 Å². The zero-order valence-electron chi connectivity index (χ0n) is 14.0. The zero-order valence-corrected chi connectivity index (χ0v) is 14.8. The van der Waals surface area contributed by atoms with E-state index in [1.165, 1.54) is 12.1 Å². The van der Waals surface area contributed by atoms with Gasteiger partial charge in [-0.3, -0.25) is 4.79 Å². The third-order valence-corrected chi connectivity index (χ3v) is 6.19. The highest BCUT2D eigenvalue weighted by Gasteiger charge is 2.22. The molecular formula is C19H22N2O3S. The number of hydrogen-bond acceptors (Lipinski definition) is 4. The van der Waals surface area contributed by atoms with Gasteiger partial charge in [0.2, 0.25) is 0 Å². The number of carbonyl (C=O) groups is 1. The molecular weight excluding hydrogens is 336 g/mol. The molecule has 0 aromatic heterocycles. The SMILES string of the molecule is NC1CCN(C(=O)c2ccc(S(=O)(=O)Cc3ccccc3)cc2)CC1. The van der Waals surface area contributed by atoms with Crippen LogP contribution in [0.1, 0.15) is 28.8 Å². The van der Waals surface area contributed by atoms with E-state index in [0.717, 1.165) is 18.4 Å². The largest absolute Gasteiger partial charge is 0.339 e. The molecule has 2 N–H and O–H groups in total. The van der Waals surface area contributed by atoms with E-state index in [1.54, 1.807) is 29.2 Å². The van der Waals surface area contributed by atoms with Gasteiger partial charge in [0.1, 0.15) is 0 Å². The summed E-state index contributed by atoms with van der Waals surface area (Å²) in [6, 6.07) is 15.4. The van der Waals surface area contributed by atoms with Crippen LogP contribution in [0.2, 0.25) is 0 Å². The molecule has 1 aliphatic heterocycles. The van der Waals surface area contributed by atoms with Gasteiger partial charge < -0.3 is 10.6 Å². The smallest absolute Gasteiger partial charge is 0.253 e. The Hall–Kier alpha value is -2.18. The molecule has 5 nitrogen and oxygen atoms in total. The number of likely N-dealkylation sites (tertiary alicyclic amines) is 1. The molecule has 0 bridgehead atoms. The third kappa shape index (κ3) is 4.27. The van der Waals surface area contributed by atoms with Crippen LogP contribution in [0.4, 0.5) is 0 Å². The average molecular weight is 358 g/mol. The summed E-state index contributed by atoms with van der Waals surface area (Å²) in [6.45, 7) is 1.29. The lowest BCUT2D eigenvalue weighted by Crippen LogP contribution is -2.42. The number of sulfone groups is 1. The molecule has 2 aromatic rings. The molecule has 0 aliphatic carbocycles. The lowest BCUT2D eigenvalue weighted by molar-refractivity contribution is 0.0714. The van der Waals surface area contributed by atoms with Gasteiger partial charge in [-0.2, -0.15) is 0 Å². The monoisotopic (exact) mass is 358 g/mol. The van der Waals surface area contributed by atoms with E-state index in [-0.39, 0.29) is 22.6 Å². The van der Waals surface area contributed by atoms with Gasteiger partial charge in [-0.25, -0.2) is 8.42 Å². The first-order valence-electron chi connectivity index (χ1n) is 8.37. The molecule has 0 saturated carbocycles. The second kappa shape index (κ2) is 7.37. The van der Waals surface area contributed by atoms with Crippen molar-refractivity contribution in [3.8, 4) is 0 Å². The topological polar surface area (TPSA) is 80.5 Å². The standard InChI is InChI=1S/C19H22N2O3S/c20-17-10-12-21(13-11-17)19(22)16-6-8-18(9-7-16)25(23,24)14-15-4-2-1-3-5-15/h1-9,17H,10-14,20H2. The van der Waals surface area contributed by atoms with Crippen molar-refractivity contribution in [3.05, 3.63) is 65.7 Å². The van der Waals surface area contributed by atoms with Crippen molar-refractivity contribution in [2.45, 2.75) is 29.5 Å². The van der Waals surface area contributed by atoms with Crippen molar-refractivity contribution in [3.63, 3.8) is 0 Å². The molecule has 3 rings (SSSR count). The van der Waals surface area contributed by atoms with Gasteiger partial charge in [-0.15, -0.1) is 0 Å². The molecule has 1 heterocycles. The summed E-state index contributed by atoms with van der Waals surface area (Å²) < 4.78 is 25.0. The van der Waals surface area contributed by atoms with Crippen LogP contribution in [0.3, 0.4) is 0 Å². The zero-order chi connectivity index (χ0) is 17.9. The maximum Gasteiger partial charge on any atom is 0.253 e. The number of nitrogens with zero attached hydrogens (tertiary/aromatic N) is 1. The first-order chi connectivity index (χ1) is 12.0. The summed E-state index contributed by atoms with van der Waals surface area (Å²) in [4.78, 5) is 14.5. The van der Waals surface area contributed by atoms with Gasteiger partial charge in [-0.1, -0.05) is 30.3 Å². The normalized spacial score (nSPS) is 16.0. The Morgan fingerprint density at radius 3 is 2.20 bits per heavy atom. The summed E-state index contributed by atoms with van der Waals surface area (Å²) in [5, 5.41) is 0. The Labute approximate surface area is 148 Å². The van der Waals surface area contributed by atoms with Crippen molar-refractivity contribution in [1.82, 2.24) is 4.90 Å². The number of amides is 1. The van der Waals surface area contributed by atoms with Crippen LogP contribution in [-0.4, -0.2) is 38.4 Å². The van der Waals surface area contributed by atoms with E-state index in [9.17, 15) is 13.2 Å². The Balaban J connectivity index is 1.72. The Morgan fingerprint density at radius 1 is 1.00 bits per heavy atom. The Kier molecular flexibility index (Phi) is 5.20. The Morgan fingerprint density at radius 2 is 1.60 bits per heavy atom. The van der Waals surface area contributed by atoms with Crippen LogP contribution in [0.25, 0.3) is 0 Å². The van der Waals surface area contributed by atoms with Crippen molar-refractivity contribution in [2.75, 3.05) is 13.1 Å². The molecule has 1 amide bonds. The summed E-state index contributed by atoms with van der Waals surface area (Å²) >= 11 is 0. The molecule has 132 valence electrons. The molecule has 25 heavy (non-hydrogen) atoms. The summed E-state index contributed by atoms with van der Waals surface area (Å²) in [6.07, 6.45) is 1.60. The molecule has 0 radical (unpaired) electrons. The Bertz CT molecular complexity index is 825. The summed E-state index contributed by atoms with van der Waals surface area (Å²) in [5.41, 5.74) is 7.11. The van der Waals surface area contributed by atoms with Gasteiger partial charge >= 0.3 is 0 Å². The van der Waals surface area contributed by atoms with Crippen LogP contribution in [0, 0.1) is 0 Å². The number of benzene rings is 2. The van der Waals surface area contributed by atoms with Crippen molar-refractivity contribution >= 4 is 15.7 Å². The third-order valence-electron chi connectivity index (χ3n) is 4.49. The molecule has 1 aliphatic rings. The fourth-order valence-electron chi connectivity index (χ4n) is 2.97. The predicted octanol–water partition coefficient (Wildman–Crippen LogP) is 2.22. The van der Waals surface area contributed by atoms with Crippen LogP contribution in [0.5, 0.6) is 0 Å². The van der Waals surface area contributed by atoms with E-state index in [1.807, 2.05) is 18.2 Å². The van der Waals surface area contributed by atoms with Crippen molar-refractivity contribution in [2.24, 2.45) is 5.73 Å². The molecule has 0 spiro atoms. The van der Waals surface area contributed by atoms with Gasteiger partial charge in [0, 0.05) is 24.7 Å². The first kappa shape index (κ1) is 17.6.